The van der Waals surface area contributed by atoms with E-state index in [2.05, 4.69) is 64.7 Å². The van der Waals surface area contributed by atoms with Crippen molar-refractivity contribution in [2.75, 3.05) is 22.6 Å². The van der Waals surface area contributed by atoms with Crippen LogP contribution in [0, 0.1) is 0 Å². The number of rotatable bonds is 3. The molecule has 116 valence electrons. The van der Waals surface area contributed by atoms with Crippen LogP contribution in [0.1, 0.15) is 26.3 Å². The fourth-order valence-electron chi connectivity index (χ4n) is 2.51. The topological polar surface area (TPSA) is 79.1 Å². The quantitative estimate of drug-likeness (QED) is 0.756. The number of nitrogens with zero attached hydrogens (tertiary/aromatic N) is 3. The van der Waals surface area contributed by atoms with E-state index in [0.29, 0.717) is 11.5 Å². The first kappa shape index (κ1) is 14.6. The Bertz CT molecular complexity index is 677. The lowest BCUT2D eigenvalue weighted by Gasteiger charge is -2.24. The van der Waals surface area contributed by atoms with Crippen molar-refractivity contribution in [3.63, 3.8) is 0 Å². The highest BCUT2D eigenvalue weighted by Crippen LogP contribution is 2.37. The molecule has 0 radical (unpaired) electrons. The van der Waals surface area contributed by atoms with E-state index in [-0.39, 0.29) is 5.54 Å². The molecule has 0 spiro atoms. The summed E-state index contributed by atoms with van der Waals surface area (Å²) in [5.74, 6) is 1.35. The first-order valence-electron chi connectivity index (χ1n) is 7.45. The predicted molar refractivity (Wildman–Crippen MR) is 90.1 cm³/mol. The molecule has 2 heterocycles. The number of aromatic nitrogens is 2. The Morgan fingerprint density at radius 1 is 1.18 bits per heavy atom. The largest absolute Gasteiger partial charge is 0.393 e. The molecule has 4 N–H and O–H groups in total. The summed E-state index contributed by atoms with van der Waals surface area (Å²) in [5.41, 5.74) is 15.5. The number of hydrazine groups is 1. The Balaban J connectivity index is 1.90. The van der Waals surface area contributed by atoms with Crippen LogP contribution >= 0.6 is 0 Å². The Kier molecular flexibility index (Phi) is 3.62. The predicted octanol–water partition coefficient (Wildman–Crippen LogP) is 2.47. The van der Waals surface area contributed by atoms with Crippen LogP contribution in [0.25, 0.3) is 0 Å². The standard InChI is InChI=1S/C16H22N6/c1-16(2,3)21-20-14-13(17)15(19-10-18-14)22-9-8-11-6-4-5-7-12(11)22/h4-7,10,21H,8-9,17H2,1-3H3,(H,18,19,20). The van der Waals surface area contributed by atoms with Gasteiger partial charge in [0.15, 0.2) is 11.6 Å². The lowest BCUT2D eigenvalue weighted by Crippen LogP contribution is -2.40. The van der Waals surface area contributed by atoms with Crippen molar-refractivity contribution in [1.82, 2.24) is 15.4 Å². The van der Waals surface area contributed by atoms with Crippen molar-refractivity contribution < 1.29 is 0 Å². The molecule has 1 aliphatic rings. The smallest absolute Gasteiger partial charge is 0.169 e. The Labute approximate surface area is 130 Å². The highest BCUT2D eigenvalue weighted by atomic mass is 15.4. The summed E-state index contributed by atoms with van der Waals surface area (Å²) in [7, 11) is 0. The maximum Gasteiger partial charge on any atom is 0.169 e. The van der Waals surface area contributed by atoms with E-state index in [4.69, 9.17) is 5.73 Å². The minimum absolute atomic E-state index is 0.0855. The van der Waals surface area contributed by atoms with E-state index in [0.717, 1.165) is 18.8 Å². The van der Waals surface area contributed by atoms with Gasteiger partial charge < -0.3 is 16.1 Å². The molecule has 0 saturated carbocycles. The number of fused-ring (bicyclic) bond motifs is 1. The van der Waals surface area contributed by atoms with Gasteiger partial charge in [0.05, 0.1) is 0 Å². The fourth-order valence-corrected chi connectivity index (χ4v) is 2.51. The molecular weight excluding hydrogens is 276 g/mol. The first-order valence-corrected chi connectivity index (χ1v) is 7.45. The van der Waals surface area contributed by atoms with Crippen LogP contribution in [0.2, 0.25) is 0 Å². The van der Waals surface area contributed by atoms with Gasteiger partial charge in [-0.25, -0.2) is 15.4 Å². The number of hydrogen-bond donors (Lipinski definition) is 3. The zero-order valence-corrected chi connectivity index (χ0v) is 13.2. The first-order chi connectivity index (χ1) is 10.5. The number of nitrogens with two attached hydrogens (primary N) is 1. The minimum Gasteiger partial charge on any atom is -0.393 e. The Morgan fingerprint density at radius 2 is 1.95 bits per heavy atom. The number of para-hydroxylation sites is 1. The molecule has 6 heteroatoms. The summed E-state index contributed by atoms with van der Waals surface area (Å²) in [5, 5.41) is 0. The summed E-state index contributed by atoms with van der Waals surface area (Å²) in [4.78, 5) is 10.8. The molecule has 3 rings (SSSR count). The van der Waals surface area contributed by atoms with Gasteiger partial charge in [0.2, 0.25) is 0 Å². The molecule has 1 aromatic heterocycles. The van der Waals surface area contributed by atoms with Crippen LogP contribution in [0.3, 0.4) is 0 Å². The fraction of sp³-hybridized carbons (Fsp3) is 0.375. The molecule has 1 aromatic carbocycles. The molecule has 0 fully saturated rings. The van der Waals surface area contributed by atoms with E-state index >= 15 is 0 Å². The van der Waals surface area contributed by atoms with Gasteiger partial charge in [-0.15, -0.1) is 0 Å². The maximum atomic E-state index is 6.28. The van der Waals surface area contributed by atoms with Crippen molar-refractivity contribution in [3.05, 3.63) is 36.2 Å². The summed E-state index contributed by atoms with van der Waals surface area (Å²) in [6.07, 6.45) is 2.54. The second-order valence-corrected chi connectivity index (χ2v) is 6.49. The van der Waals surface area contributed by atoms with E-state index in [9.17, 15) is 0 Å². The molecule has 6 nitrogen and oxygen atoms in total. The Hall–Kier alpha value is -2.34. The lowest BCUT2D eigenvalue weighted by molar-refractivity contribution is 0.464. The van der Waals surface area contributed by atoms with Gasteiger partial charge in [-0.05, 0) is 38.8 Å². The van der Waals surface area contributed by atoms with Gasteiger partial charge in [-0.3, -0.25) is 0 Å². The average molecular weight is 298 g/mol. The molecule has 0 bridgehead atoms. The van der Waals surface area contributed by atoms with E-state index < -0.39 is 0 Å². The highest BCUT2D eigenvalue weighted by Gasteiger charge is 2.24. The van der Waals surface area contributed by atoms with Crippen LogP contribution in [0.15, 0.2) is 30.6 Å². The van der Waals surface area contributed by atoms with Crippen molar-refractivity contribution in [2.45, 2.75) is 32.7 Å². The molecule has 0 aliphatic carbocycles. The number of nitrogens with one attached hydrogen (secondary N) is 2. The summed E-state index contributed by atoms with van der Waals surface area (Å²) in [6.45, 7) is 7.08. The molecule has 1 aliphatic heterocycles. The highest BCUT2D eigenvalue weighted by molar-refractivity contribution is 5.81. The van der Waals surface area contributed by atoms with Crippen molar-refractivity contribution >= 4 is 23.0 Å². The van der Waals surface area contributed by atoms with Crippen LogP contribution in [0.4, 0.5) is 23.0 Å². The van der Waals surface area contributed by atoms with Crippen LogP contribution in [-0.2, 0) is 6.42 Å². The molecule has 0 saturated heterocycles. The number of nitrogen functional groups attached to an aromatic ring is 1. The maximum absolute atomic E-state index is 6.28. The van der Waals surface area contributed by atoms with Gasteiger partial charge in [0.1, 0.15) is 12.0 Å². The molecule has 0 atom stereocenters. The van der Waals surface area contributed by atoms with Crippen LogP contribution in [0.5, 0.6) is 0 Å². The average Bonchev–Trinajstić information content (AvgIpc) is 2.89. The second-order valence-electron chi connectivity index (χ2n) is 6.49. The number of anilines is 4. The normalized spacial score (nSPS) is 14.0. The van der Waals surface area contributed by atoms with E-state index in [1.54, 1.807) is 6.33 Å². The monoisotopic (exact) mass is 298 g/mol. The molecule has 0 unspecified atom stereocenters. The van der Waals surface area contributed by atoms with Gasteiger partial charge in [-0.1, -0.05) is 18.2 Å². The molecule has 2 aromatic rings. The molecule has 0 amide bonds. The minimum atomic E-state index is -0.0855. The summed E-state index contributed by atoms with van der Waals surface area (Å²) < 4.78 is 0. The summed E-state index contributed by atoms with van der Waals surface area (Å²) in [6, 6.07) is 8.35. The van der Waals surface area contributed by atoms with Crippen LogP contribution < -0.4 is 21.5 Å². The van der Waals surface area contributed by atoms with E-state index in [1.807, 2.05) is 6.07 Å². The van der Waals surface area contributed by atoms with Gasteiger partial charge >= 0.3 is 0 Å². The molecular formula is C16H22N6. The zero-order valence-electron chi connectivity index (χ0n) is 13.2. The van der Waals surface area contributed by atoms with Gasteiger partial charge in [0, 0.05) is 17.8 Å². The summed E-state index contributed by atoms with van der Waals surface area (Å²) >= 11 is 0. The van der Waals surface area contributed by atoms with Crippen molar-refractivity contribution in [3.8, 4) is 0 Å². The third kappa shape index (κ3) is 2.82. The zero-order chi connectivity index (χ0) is 15.7. The molecule has 22 heavy (non-hydrogen) atoms. The lowest BCUT2D eigenvalue weighted by atomic mass is 10.1. The second kappa shape index (κ2) is 5.46. The third-order valence-corrected chi connectivity index (χ3v) is 3.56. The van der Waals surface area contributed by atoms with Gasteiger partial charge in [0.25, 0.3) is 0 Å². The SMILES string of the molecule is CC(C)(C)NNc1ncnc(N2CCc3ccccc32)c1N. The third-order valence-electron chi connectivity index (χ3n) is 3.56. The Morgan fingerprint density at radius 3 is 2.73 bits per heavy atom. The van der Waals surface area contributed by atoms with E-state index in [1.165, 1.54) is 11.3 Å². The van der Waals surface area contributed by atoms with Crippen LogP contribution in [-0.4, -0.2) is 22.1 Å². The van der Waals surface area contributed by atoms with Crippen molar-refractivity contribution in [1.29, 1.82) is 0 Å². The number of hydrogen-bond acceptors (Lipinski definition) is 6. The van der Waals surface area contributed by atoms with Crippen molar-refractivity contribution in [2.24, 2.45) is 0 Å². The van der Waals surface area contributed by atoms with Gasteiger partial charge in [-0.2, -0.15) is 0 Å². The number of benzene rings is 1.